The Morgan fingerprint density at radius 1 is 1.33 bits per heavy atom. The minimum absolute atomic E-state index is 0.586. The first-order valence-electron chi connectivity index (χ1n) is 7.73. The molecule has 1 aromatic carbocycles. The van der Waals surface area contributed by atoms with Gasteiger partial charge in [0.05, 0.1) is 6.07 Å². The molecule has 0 aliphatic carbocycles. The lowest BCUT2D eigenvalue weighted by atomic mass is 9.90. The molecule has 4 heteroatoms. The number of nitrogens with zero attached hydrogens (tertiary/aromatic N) is 3. The lowest BCUT2D eigenvalue weighted by molar-refractivity contribution is 0.0785. The molecule has 0 spiro atoms. The second kappa shape index (κ2) is 7.04. The molecule has 0 saturated carbocycles. The molecule has 0 amide bonds. The van der Waals surface area contributed by atoms with Crippen LogP contribution in [0.25, 0.3) is 0 Å². The highest BCUT2D eigenvalue weighted by Crippen LogP contribution is 2.23. The number of benzene rings is 1. The summed E-state index contributed by atoms with van der Waals surface area (Å²) in [5.41, 5.74) is 0.414. The SMILES string of the molecule is CCC1CN(CC(C#N)(NC)c2ccccc2)CCN1C. The summed E-state index contributed by atoms with van der Waals surface area (Å²) in [6.45, 7) is 6.08. The molecule has 2 rings (SSSR count). The standard InChI is InChI=1S/C17H26N4/c1-4-16-12-21(11-10-20(16)3)14-17(13-18,19-2)15-8-6-5-7-9-15/h5-9,16,19H,4,10-12,14H2,1-3H3. The normalized spacial score (nSPS) is 23.4. The van der Waals surface area contributed by atoms with Crippen molar-refractivity contribution in [2.45, 2.75) is 24.9 Å². The van der Waals surface area contributed by atoms with Gasteiger partial charge in [0, 0.05) is 32.2 Å². The van der Waals surface area contributed by atoms with Gasteiger partial charge in [0.15, 0.2) is 0 Å². The number of nitriles is 1. The maximum Gasteiger partial charge on any atom is 0.144 e. The van der Waals surface area contributed by atoms with Gasteiger partial charge in [-0.05, 0) is 26.1 Å². The van der Waals surface area contributed by atoms with E-state index in [4.69, 9.17) is 0 Å². The predicted octanol–water partition coefficient (Wildman–Crippen LogP) is 1.65. The maximum atomic E-state index is 9.79. The molecule has 1 aliphatic heterocycles. The maximum absolute atomic E-state index is 9.79. The van der Waals surface area contributed by atoms with Crippen LogP contribution < -0.4 is 5.32 Å². The van der Waals surface area contributed by atoms with Crippen molar-refractivity contribution >= 4 is 0 Å². The largest absolute Gasteiger partial charge is 0.301 e. The molecule has 114 valence electrons. The fourth-order valence-corrected chi connectivity index (χ4v) is 3.12. The van der Waals surface area contributed by atoms with E-state index in [9.17, 15) is 5.26 Å². The highest BCUT2D eigenvalue weighted by molar-refractivity contribution is 5.32. The van der Waals surface area contributed by atoms with Gasteiger partial charge >= 0.3 is 0 Å². The van der Waals surface area contributed by atoms with Crippen LogP contribution in [0, 0.1) is 11.3 Å². The molecule has 2 unspecified atom stereocenters. The Kier molecular flexibility index (Phi) is 5.35. The van der Waals surface area contributed by atoms with Crippen molar-refractivity contribution < 1.29 is 0 Å². The van der Waals surface area contributed by atoms with Gasteiger partial charge in [0.1, 0.15) is 5.54 Å². The average molecular weight is 286 g/mol. The number of likely N-dealkylation sites (N-methyl/N-ethyl adjacent to an activating group) is 2. The van der Waals surface area contributed by atoms with Crippen molar-refractivity contribution in [3.05, 3.63) is 35.9 Å². The summed E-state index contributed by atoms with van der Waals surface area (Å²) in [5, 5.41) is 13.0. The van der Waals surface area contributed by atoms with Crippen LogP contribution >= 0.6 is 0 Å². The third kappa shape index (κ3) is 3.44. The van der Waals surface area contributed by atoms with Crippen molar-refractivity contribution in [2.75, 3.05) is 40.3 Å². The van der Waals surface area contributed by atoms with E-state index in [0.717, 1.165) is 38.2 Å². The van der Waals surface area contributed by atoms with Gasteiger partial charge in [-0.1, -0.05) is 37.3 Å². The number of hydrogen-bond donors (Lipinski definition) is 1. The summed E-state index contributed by atoms with van der Waals surface area (Å²) in [7, 11) is 4.07. The van der Waals surface area contributed by atoms with E-state index < -0.39 is 5.54 Å². The van der Waals surface area contributed by atoms with Crippen LogP contribution in [0.3, 0.4) is 0 Å². The first-order valence-corrected chi connectivity index (χ1v) is 7.73. The molecule has 2 atom stereocenters. The zero-order valence-corrected chi connectivity index (χ0v) is 13.3. The third-order valence-corrected chi connectivity index (χ3v) is 4.68. The van der Waals surface area contributed by atoms with Gasteiger partial charge in [-0.3, -0.25) is 10.2 Å². The quantitative estimate of drug-likeness (QED) is 0.894. The van der Waals surface area contributed by atoms with E-state index in [1.54, 1.807) is 0 Å². The van der Waals surface area contributed by atoms with Gasteiger partial charge in [0.2, 0.25) is 0 Å². The van der Waals surface area contributed by atoms with Crippen molar-refractivity contribution in [2.24, 2.45) is 0 Å². The van der Waals surface area contributed by atoms with Crippen LogP contribution in [0.15, 0.2) is 30.3 Å². The minimum Gasteiger partial charge on any atom is -0.301 e. The molecular weight excluding hydrogens is 260 g/mol. The monoisotopic (exact) mass is 286 g/mol. The summed E-state index contributed by atoms with van der Waals surface area (Å²) in [5.74, 6) is 0. The second-order valence-electron chi connectivity index (χ2n) is 5.91. The molecular formula is C17H26N4. The van der Waals surface area contributed by atoms with Gasteiger partial charge in [-0.15, -0.1) is 0 Å². The van der Waals surface area contributed by atoms with Gasteiger partial charge in [0.25, 0.3) is 0 Å². The number of rotatable bonds is 5. The Morgan fingerprint density at radius 3 is 2.62 bits per heavy atom. The zero-order chi connectivity index (χ0) is 15.3. The molecule has 0 bridgehead atoms. The number of hydrogen-bond acceptors (Lipinski definition) is 4. The van der Waals surface area contributed by atoms with E-state index >= 15 is 0 Å². The third-order valence-electron chi connectivity index (χ3n) is 4.68. The minimum atomic E-state index is -0.630. The predicted molar refractivity (Wildman–Crippen MR) is 85.9 cm³/mol. The Labute approximate surface area is 128 Å². The topological polar surface area (TPSA) is 42.3 Å². The van der Waals surface area contributed by atoms with E-state index in [1.807, 2.05) is 37.4 Å². The van der Waals surface area contributed by atoms with Crippen LogP contribution in [-0.4, -0.2) is 56.1 Å². The Balaban J connectivity index is 2.16. The van der Waals surface area contributed by atoms with Crippen LogP contribution in [0.1, 0.15) is 18.9 Å². The van der Waals surface area contributed by atoms with Crippen molar-refractivity contribution in [1.29, 1.82) is 5.26 Å². The molecule has 4 nitrogen and oxygen atoms in total. The Bertz CT molecular complexity index is 481. The van der Waals surface area contributed by atoms with E-state index in [-0.39, 0.29) is 0 Å². The van der Waals surface area contributed by atoms with Crippen molar-refractivity contribution in [1.82, 2.24) is 15.1 Å². The average Bonchev–Trinajstić information content (AvgIpc) is 2.55. The number of nitrogens with one attached hydrogen (secondary N) is 1. The first kappa shape index (κ1) is 16.0. The van der Waals surface area contributed by atoms with Gasteiger partial charge < -0.3 is 4.90 Å². The summed E-state index contributed by atoms with van der Waals surface area (Å²) in [6.07, 6.45) is 1.15. The summed E-state index contributed by atoms with van der Waals surface area (Å²) in [4.78, 5) is 4.84. The highest BCUT2D eigenvalue weighted by Gasteiger charge is 2.35. The molecule has 1 aliphatic rings. The highest BCUT2D eigenvalue weighted by atomic mass is 15.3. The van der Waals surface area contributed by atoms with Gasteiger partial charge in [-0.25, -0.2) is 0 Å². The van der Waals surface area contributed by atoms with Crippen LogP contribution in [0.4, 0.5) is 0 Å². The van der Waals surface area contributed by atoms with Crippen molar-refractivity contribution in [3.63, 3.8) is 0 Å². The summed E-state index contributed by atoms with van der Waals surface area (Å²) >= 11 is 0. The van der Waals surface area contributed by atoms with E-state index in [2.05, 4.69) is 35.2 Å². The fraction of sp³-hybridized carbons (Fsp3) is 0.588. The Morgan fingerprint density at radius 2 is 2.05 bits per heavy atom. The smallest absolute Gasteiger partial charge is 0.144 e. The molecule has 1 aromatic rings. The van der Waals surface area contributed by atoms with E-state index in [1.165, 1.54) is 0 Å². The number of piperazine rings is 1. The molecule has 1 fully saturated rings. The van der Waals surface area contributed by atoms with Crippen molar-refractivity contribution in [3.8, 4) is 6.07 Å². The lowest BCUT2D eigenvalue weighted by Gasteiger charge is -2.42. The van der Waals surface area contributed by atoms with Gasteiger partial charge in [-0.2, -0.15) is 5.26 Å². The molecule has 1 heterocycles. The molecule has 21 heavy (non-hydrogen) atoms. The molecule has 1 saturated heterocycles. The molecule has 0 aromatic heterocycles. The second-order valence-corrected chi connectivity index (χ2v) is 5.91. The molecule has 1 N–H and O–H groups in total. The fourth-order valence-electron chi connectivity index (χ4n) is 3.12. The van der Waals surface area contributed by atoms with Crippen LogP contribution in [0.2, 0.25) is 0 Å². The molecule has 0 radical (unpaired) electrons. The van der Waals surface area contributed by atoms with Crippen LogP contribution in [0.5, 0.6) is 0 Å². The summed E-state index contributed by atoms with van der Waals surface area (Å²) < 4.78 is 0. The van der Waals surface area contributed by atoms with Crippen LogP contribution in [-0.2, 0) is 5.54 Å². The lowest BCUT2D eigenvalue weighted by Crippen LogP contribution is -2.56. The first-order chi connectivity index (χ1) is 10.1. The Hall–Kier alpha value is -1.41. The summed E-state index contributed by atoms with van der Waals surface area (Å²) in [6, 6.07) is 13.1. The van der Waals surface area contributed by atoms with E-state index in [0.29, 0.717) is 6.04 Å². The zero-order valence-electron chi connectivity index (χ0n) is 13.3.